The van der Waals surface area contributed by atoms with Gasteiger partial charge in [0.05, 0.1) is 19.8 Å². The molecule has 16 heteroatoms. The minimum Gasteiger partial charge on any atom is -0.394 e. The molecule has 2 aliphatic heterocycles. The summed E-state index contributed by atoms with van der Waals surface area (Å²) in [6, 6.07) is 0. The summed E-state index contributed by atoms with van der Waals surface area (Å²) in [5.41, 5.74) is 0. The van der Waals surface area contributed by atoms with Gasteiger partial charge in [0.2, 0.25) is 0 Å². The van der Waals surface area contributed by atoms with E-state index in [9.17, 15) is 40.5 Å². The Morgan fingerprint density at radius 3 is 1.82 bits per heavy atom. The quantitative estimate of drug-likeness (QED) is 0.140. The van der Waals surface area contributed by atoms with E-state index in [-0.39, 0.29) is 6.29 Å². The molecular weight excluding hydrogens is 460 g/mol. The summed E-state index contributed by atoms with van der Waals surface area (Å²) in [4.78, 5) is 9.76. The molecule has 16 nitrogen and oxygen atoms in total. The Labute approximate surface area is 187 Å². The van der Waals surface area contributed by atoms with Crippen LogP contribution in [0.1, 0.15) is 0 Å². The molecule has 1 unspecified atom stereocenters. The van der Waals surface area contributed by atoms with Crippen molar-refractivity contribution in [2.45, 2.75) is 79.7 Å². The molecule has 0 aromatic carbocycles. The number of rotatable bonds is 8. The van der Waals surface area contributed by atoms with E-state index in [1.807, 2.05) is 0 Å². The van der Waals surface area contributed by atoms with Crippen LogP contribution in [0.15, 0.2) is 0 Å². The van der Waals surface area contributed by atoms with Crippen LogP contribution in [-0.4, -0.2) is 167 Å². The van der Waals surface area contributed by atoms with Crippen molar-refractivity contribution in [2.24, 2.45) is 0 Å². The molecule has 0 radical (unpaired) electrons. The molecule has 0 aromatic rings. The van der Waals surface area contributed by atoms with E-state index >= 15 is 0 Å². The topological polar surface area (TPSA) is 288 Å². The highest BCUT2D eigenvalue weighted by Crippen LogP contribution is 2.28. The summed E-state index contributed by atoms with van der Waals surface area (Å²) >= 11 is 0. The molecule has 0 saturated carbocycles. The molecular formula is C17H32O16. The predicted molar refractivity (Wildman–Crippen MR) is 99.8 cm³/mol. The lowest BCUT2D eigenvalue weighted by atomic mass is 9.97. The number of aliphatic hydroxyl groups is 12. The molecule has 2 rings (SSSR count). The van der Waals surface area contributed by atoms with Crippen molar-refractivity contribution in [3.63, 3.8) is 0 Å². The lowest BCUT2D eigenvalue weighted by Crippen LogP contribution is -2.64. The van der Waals surface area contributed by atoms with Gasteiger partial charge in [-0.3, -0.25) is 0 Å². The molecule has 0 bridgehead atoms. The number of aliphatic hydroxyl groups excluding tert-OH is 12. The maximum atomic E-state index is 9.94. The van der Waals surface area contributed by atoms with Crippen LogP contribution in [0.5, 0.6) is 0 Å². The molecule has 196 valence electrons. The van der Waals surface area contributed by atoms with Crippen LogP contribution < -0.4 is 0 Å². The molecule has 0 aliphatic carbocycles. The SMILES string of the molecule is O=C[C@H](O)[C@@H](O)[C@@H](O)CO.OC[C@H]1O[C@@H](O[C@H]2[C@H](O)[C@@H](O)C(O)O[C@@H]2CO)[C@H](O)[C@@H](O)[C@H]1O. The largest absolute Gasteiger partial charge is 0.394 e. The van der Waals surface area contributed by atoms with Crippen molar-refractivity contribution >= 4 is 6.29 Å². The zero-order chi connectivity index (χ0) is 25.5. The standard InChI is InChI=1S/C12H22O11.C5H10O5/c13-1-3-5(15)6(16)9(19)12(22-3)23-10-4(2-14)21-11(20)8(18)7(10)17;6-1-3(8)5(10)4(9)2-7/h3-20H,1-2H2;1,3-5,7-10H,2H2/t3-,4-,5+,6+,7-,8-,9-,10-,11?,12+;3-,4-,5+/m10/s1. The maximum Gasteiger partial charge on any atom is 0.187 e. The summed E-state index contributed by atoms with van der Waals surface area (Å²) in [6.45, 7) is -2.03. The van der Waals surface area contributed by atoms with Crippen LogP contribution in [-0.2, 0) is 19.0 Å². The minimum absolute atomic E-state index is 0.0869. The van der Waals surface area contributed by atoms with E-state index in [0.29, 0.717) is 0 Å². The number of carbonyl (C=O) groups excluding carboxylic acids is 1. The van der Waals surface area contributed by atoms with Gasteiger partial charge in [0.1, 0.15) is 67.1 Å². The highest BCUT2D eigenvalue weighted by atomic mass is 16.7. The highest BCUT2D eigenvalue weighted by Gasteiger charge is 2.50. The van der Waals surface area contributed by atoms with Gasteiger partial charge >= 0.3 is 0 Å². The summed E-state index contributed by atoms with van der Waals surface area (Å²) in [7, 11) is 0. The number of ether oxygens (including phenoxy) is 3. The van der Waals surface area contributed by atoms with Crippen molar-refractivity contribution in [2.75, 3.05) is 19.8 Å². The van der Waals surface area contributed by atoms with Crippen molar-refractivity contribution < 1.29 is 80.3 Å². The summed E-state index contributed by atoms with van der Waals surface area (Å²) < 4.78 is 15.3. The maximum absolute atomic E-state index is 9.94. The Hall–Kier alpha value is -0.930. The second kappa shape index (κ2) is 13.8. The fraction of sp³-hybridized carbons (Fsp3) is 0.941. The van der Waals surface area contributed by atoms with Crippen LogP contribution >= 0.6 is 0 Å². The Bertz CT molecular complexity index is 563. The van der Waals surface area contributed by atoms with Crippen molar-refractivity contribution in [3.05, 3.63) is 0 Å². The first kappa shape index (κ1) is 30.1. The van der Waals surface area contributed by atoms with Crippen LogP contribution in [0.25, 0.3) is 0 Å². The van der Waals surface area contributed by atoms with E-state index in [4.69, 9.17) is 39.7 Å². The third-order valence-corrected chi connectivity index (χ3v) is 5.05. The van der Waals surface area contributed by atoms with Gasteiger partial charge in [-0.05, 0) is 0 Å². The van der Waals surface area contributed by atoms with Gasteiger partial charge in [-0.2, -0.15) is 0 Å². The molecule has 33 heavy (non-hydrogen) atoms. The molecule has 0 aromatic heterocycles. The minimum atomic E-state index is -1.74. The average molecular weight is 492 g/mol. The first-order chi connectivity index (χ1) is 15.4. The van der Waals surface area contributed by atoms with Crippen molar-refractivity contribution in [3.8, 4) is 0 Å². The fourth-order valence-corrected chi connectivity index (χ4v) is 2.99. The van der Waals surface area contributed by atoms with Gasteiger partial charge in [0.15, 0.2) is 18.9 Å². The van der Waals surface area contributed by atoms with Gasteiger partial charge in [-0.15, -0.1) is 0 Å². The fourth-order valence-electron chi connectivity index (χ4n) is 2.99. The molecule has 2 saturated heterocycles. The lowest BCUT2D eigenvalue weighted by molar-refractivity contribution is -0.355. The first-order valence-corrected chi connectivity index (χ1v) is 9.81. The van der Waals surface area contributed by atoms with Crippen molar-refractivity contribution in [1.82, 2.24) is 0 Å². The summed E-state index contributed by atoms with van der Waals surface area (Å²) in [5.74, 6) is 0. The normalized spacial score (nSPS) is 41.9. The van der Waals surface area contributed by atoms with Crippen molar-refractivity contribution in [1.29, 1.82) is 0 Å². The molecule has 2 aliphatic rings. The van der Waals surface area contributed by atoms with E-state index in [1.165, 1.54) is 0 Å². The van der Waals surface area contributed by atoms with Gasteiger partial charge in [0, 0.05) is 0 Å². The third kappa shape index (κ3) is 7.52. The molecule has 0 spiro atoms. The number of hydrogen-bond donors (Lipinski definition) is 12. The molecule has 0 amide bonds. The average Bonchev–Trinajstić information content (AvgIpc) is 2.82. The van der Waals surface area contributed by atoms with E-state index in [2.05, 4.69) is 0 Å². The Morgan fingerprint density at radius 2 is 1.33 bits per heavy atom. The Kier molecular flexibility index (Phi) is 12.6. The molecule has 13 atom stereocenters. The first-order valence-electron chi connectivity index (χ1n) is 9.81. The van der Waals surface area contributed by atoms with E-state index < -0.39 is 99.5 Å². The van der Waals surface area contributed by atoms with Gasteiger partial charge < -0.3 is 80.3 Å². The second-order valence-electron chi connectivity index (χ2n) is 7.39. The summed E-state index contributed by atoms with van der Waals surface area (Å²) in [6.07, 6.45) is -20.2. The van der Waals surface area contributed by atoms with Crippen LogP contribution in [0, 0.1) is 0 Å². The molecule has 2 heterocycles. The van der Waals surface area contributed by atoms with Gasteiger partial charge in [-0.25, -0.2) is 0 Å². The molecule has 12 N–H and O–H groups in total. The van der Waals surface area contributed by atoms with Crippen LogP contribution in [0.4, 0.5) is 0 Å². The monoisotopic (exact) mass is 492 g/mol. The number of carbonyl (C=O) groups is 1. The lowest BCUT2D eigenvalue weighted by Gasteiger charge is -2.45. The van der Waals surface area contributed by atoms with E-state index in [1.54, 1.807) is 0 Å². The zero-order valence-electron chi connectivity index (χ0n) is 17.2. The molecule has 2 fully saturated rings. The summed E-state index contributed by atoms with van der Waals surface area (Å²) in [5, 5.41) is 111. The zero-order valence-corrected chi connectivity index (χ0v) is 17.2. The smallest absolute Gasteiger partial charge is 0.187 e. The Balaban J connectivity index is 0.000000461. The Morgan fingerprint density at radius 1 is 0.758 bits per heavy atom. The second-order valence-corrected chi connectivity index (χ2v) is 7.39. The van der Waals surface area contributed by atoms with Crippen LogP contribution in [0.3, 0.4) is 0 Å². The number of aldehydes is 1. The number of hydrogen-bond acceptors (Lipinski definition) is 16. The van der Waals surface area contributed by atoms with Gasteiger partial charge in [0.25, 0.3) is 0 Å². The third-order valence-electron chi connectivity index (χ3n) is 5.05. The highest BCUT2D eigenvalue weighted by molar-refractivity contribution is 5.56. The van der Waals surface area contributed by atoms with Crippen LogP contribution in [0.2, 0.25) is 0 Å². The predicted octanol–water partition coefficient (Wildman–Crippen LogP) is -8.14. The van der Waals surface area contributed by atoms with Gasteiger partial charge in [-0.1, -0.05) is 0 Å². The van der Waals surface area contributed by atoms with E-state index in [0.717, 1.165) is 0 Å².